The lowest BCUT2D eigenvalue weighted by atomic mass is 10.1. The minimum atomic E-state index is 0.140. The SMILES string of the molecule is CC(CNC(C)(C)C)COc1ccc(Cl)c2ccccc12. The van der Waals surface area contributed by atoms with Crippen LogP contribution in [0, 0.1) is 5.92 Å². The Balaban J connectivity index is 2.02. The Bertz CT molecular complexity index is 604. The molecule has 0 fully saturated rings. The highest BCUT2D eigenvalue weighted by Gasteiger charge is 2.12. The number of halogens is 1. The first-order chi connectivity index (χ1) is 9.87. The van der Waals surface area contributed by atoms with Crippen LogP contribution in [0.2, 0.25) is 5.02 Å². The van der Waals surface area contributed by atoms with Crippen molar-refractivity contribution in [1.82, 2.24) is 5.32 Å². The molecule has 0 heterocycles. The topological polar surface area (TPSA) is 21.3 Å². The molecule has 0 aliphatic rings. The van der Waals surface area contributed by atoms with Crippen molar-refractivity contribution in [3.05, 3.63) is 41.4 Å². The van der Waals surface area contributed by atoms with Crippen LogP contribution in [0.25, 0.3) is 10.8 Å². The number of rotatable bonds is 5. The molecule has 114 valence electrons. The number of nitrogens with one attached hydrogen (secondary N) is 1. The largest absolute Gasteiger partial charge is 0.493 e. The van der Waals surface area contributed by atoms with Crippen LogP contribution in [0.3, 0.4) is 0 Å². The summed E-state index contributed by atoms with van der Waals surface area (Å²) in [5, 5.41) is 6.38. The lowest BCUT2D eigenvalue weighted by Crippen LogP contribution is -2.39. The lowest BCUT2D eigenvalue weighted by Gasteiger charge is -2.23. The molecule has 2 aromatic carbocycles. The molecule has 0 aliphatic heterocycles. The summed E-state index contributed by atoms with van der Waals surface area (Å²) in [6, 6.07) is 11.9. The summed E-state index contributed by atoms with van der Waals surface area (Å²) in [5.74, 6) is 1.34. The fourth-order valence-corrected chi connectivity index (χ4v) is 2.36. The Kier molecular flexibility index (Phi) is 5.13. The summed E-state index contributed by atoms with van der Waals surface area (Å²) < 4.78 is 6.00. The molecule has 0 amide bonds. The molecule has 1 N–H and O–H groups in total. The maximum absolute atomic E-state index is 6.23. The van der Waals surface area contributed by atoms with Crippen molar-refractivity contribution in [2.45, 2.75) is 33.2 Å². The van der Waals surface area contributed by atoms with Crippen LogP contribution in [0.4, 0.5) is 0 Å². The first-order valence-electron chi connectivity index (χ1n) is 7.42. The molecule has 0 aliphatic carbocycles. The van der Waals surface area contributed by atoms with Gasteiger partial charge in [-0.05, 0) is 32.9 Å². The number of hydrogen-bond acceptors (Lipinski definition) is 2. The Morgan fingerprint density at radius 3 is 2.43 bits per heavy atom. The average Bonchev–Trinajstić information content (AvgIpc) is 2.44. The third-order valence-corrected chi connectivity index (χ3v) is 3.66. The highest BCUT2D eigenvalue weighted by Crippen LogP contribution is 2.31. The van der Waals surface area contributed by atoms with Gasteiger partial charge in [-0.25, -0.2) is 0 Å². The highest BCUT2D eigenvalue weighted by atomic mass is 35.5. The van der Waals surface area contributed by atoms with Gasteiger partial charge < -0.3 is 10.1 Å². The normalized spacial score (nSPS) is 13.4. The molecule has 0 aromatic heterocycles. The van der Waals surface area contributed by atoms with Crippen molar-refractivity contribution in [3.63, 3.8) is 0 Å². The van der Waals surface area contributed by atoms with Crippen LogP contribution in [-0.2, 0) is 0 Å². The summed E-state index contributed by atoms with van der Waals surface area (Å²) in [6.45, 7) is 10.3. The summed E-state index contributed by atoms with van der Waals surface area (Å²) in [4.78, 5) is 0. The molecule has 1 atom stereocenters. The lowest BCUT2D eigenvalue weighted by molar-refractivity contribution is 0.246. The molecule has 0 saturated carbocycles. The van der Waals surface area contributed by atoms with Crippen molar-refractivity contribution >= 4 is 22.4 Å². The Hall–Kier alpha value is -1.25. The Morgan fingerprint density at radius 1 is 1.10 bits per heavy atom. The van der Waals surface area contributed by atoms with Crippen LogP contribution in [0.1, 0.15) is 27.7 Å². The molecular weight excluding hydrogens is 282 g/mol. The van der Waals surface area contributed by atoms with Gasteiger partial charge in [0.2, 0.25) is 0 Å². The van der Waals surface area contributed by atoms with Gasteiger partial charge in [0.25, 0.3) is 0 Å². The smallest absolute Gasteiger partial charge is 0.127 e. The number of ether oxygens (including phenoxy) is 1. The monoisotopic (exact) mass is 305 g/mol. The van der Waals surface area contributed by atoms with Crippen molar-refractivity contribution in [1.29, 1.82) is 0 Å². The van der Waals surface area contributed by atoms with Crippen molar-refractivity contribution in [3.8, 4) is 5.75 Å². The van der Waals surface area contributed by atoms with Crippen LogP contribution < -0.4 is 10.1 Å². The van der Waals surface area contributed by atoms with E-state index in [1.165, 1.54) is 0 Å². The Labute approximate surface area is 132 Å². The van der Waals surface area contributed by atoms with Gasteiger partial charge >= 0.3 is 0 Å². The predicted molar refractivity (Wildman–Crippen MR) is 91.4 cm³/mol. The zero-order chi connectivity index (χ0) is 15.5. The van der Waals surface area contributed by atoms with E-state index in [1.807, 2.05) is 30.3 Å². The van der Waals surface area contributed by atoms with E-state index in [-0.39, 0.29) is 5.54 Å². The maximum Gasteiger partial charge on any atom is 0.127 e. The molecule has 0 radical (unpaired) electrons. The van der Waals surface area contributed by atoms with Gasteiger partial charge in [0.15, 0.2) is 0 Å². The van der Waals surface area contributed by atoms with E-state index in [4.69, 9.17) is 16.3 Å². The van der Waals surface area contributed by atoms with Crippen LogP contribution in [-0.4, -0.2) is 18.7 Å². The summed E-state index contributed by atoms with van der Waals surface area (Å²) >= 11 is 6.23. The van der Waals surface area contributed by atoms with Gasteiger partial charge in [0, 0.05) is 33.8 Å². The van der Waals surface area contributed by atoms with Gasteiger partial charge in [-0.3, -0.25) is 0 Å². The Morgan fingerprint density at radius 2 is 1.76 bits per heavy atom. The van der Waals surface area contributed by atoms with Gasteiger partial charge in [-0.1, -0.05) is 42.8 Å². The van der Waals surface area contributed by atoms with E-state index in [0.717, 1.165) is 28.1 Å². The first kappa shape index (κ1) is 16.1. The summed E-state index contributed by atoms with van der Waals surface area (Å²) in [7, 11) is 0. The minimum Gasteiger partial charge on any atom is -0.493 e. The van der Waals surface area contributed by atoms with Gasteiger partial charge in [0.1, 0.15) is 5.75 Å². The van der Waals surface area contributed by atoms with E-state index in [2.05, 4.69) is 39.1 Å². The van der Waals surface area contributed by atoms with Gasteiger partial charge in [0.05, 0.1) is 6.61 Å². The molecule has 0 saturated heterocycles. The highest BCUT2D eigenvalue weighted by molar-refractivity contribution is 6.35. The average molecular weight is 306 g/mol. The molecule has 2 rings (SSSR count). The first-order valence-corrected chi connectivity index (χ1v) is 7.80. The fraction of sp³-hybridized carbons (Fsp3) is 0.444. The summed E-state index contributed by atoms with van der Waals surface area (Å²) in [5.41, 5.74) is 0.140. The second-order valence-corrected chi connectivity index (χ2v) is 7.05. The molecule has 0 spiro atoms. The van der Waals surface area contributed by atoms with E-state index >= 15 is 0 Å². The third kappa shape index (κ3) is 4.62. The predicted octanol–water partition coefficient (Wildman–Crippen LogP) is 4.90. The van der Waals surface area contributed by atoms with Gasteiger partial charge in [-0.15, -0.1) is 0 Å². The quantitative estimate of drug-likeness (QED) is 0.848. The molecule has 0 bridgehead atoms. The van der Waals surface area contributed by atoms with Crippen molar-refractivity contribution in [2.24, 2.45) is 5.92 Å². The minimum absolute atomic E-state index is 0.140. The van der Waals surface area contributed by atoms with Crippen LogP contribution in [0.15, 0.2) is 36.4 Å². The van der Waals surface area contributed by atoms with E-state index in [9.17, 15) is 0 Å². The van der Waals surface area contributed by atoms with E-state index in [1.54, 1.807) is 0 Å². The zero-order valence-electron chi connectivity index (χ0n) is 13.2. The van der Waals surface area contributed by atoms with Crippen molar-refractivity contribution in [2.75, 3.05) is 13.2 Å². The standard InChI is InChI=1S/C18H24ClNO/c1-13(11-20-18(2,3)4)12-21-17-10-9-16(19)14-7-5-6-8-15(14)17/h5-10,13,20H,11-12H2,1-4H3. The molecule has 2 aromatic rings. The zero-order valence-corrected chi connectivity index (χ0v) is 14.0. The summed E-state index contributed by atoms with van der Waals surface area (Å²) in [6.07, 6.45) is 0. The maximum atomic E-state index is 6.23. The second kappa shape index (κ2) is 6.67. The second-order valence-electron chi connectivity index (χ2n) is 6.64. The molecule has 2 nitrogen and oxygen atoms in total. The number of benzene rings is 2. The molecular formula is C18H24ClNO. The van der Waals surface area contributed by atoms with E-state index < -0.39 is 0 Å². The van der Waals surface area contributed by atoms with E-state index in [0.29, 0.717) is 12.5 Å². The van der Waals surface area contributed by atoms with Crippen LogP contribution >= 0.6 is 11.6 Å². The number of fused-ring (bicyclic) bond motifs is 1. The fourth-order valence-electron chi connectivity index (χ4n) is 2.13. The molecule has 21 heavy (non-hydrogen) atoms. The number of hydrogen-bond donors (Lipinski definition) is 1. The van der Waals surface area contributed by atoms with Crippen LogP contribution in [0.5, 0.6) is 5.75 Å². The third-order valence-electron chi connectivity index (χ3n) is 3.34. The molecule has 1 unspecified atom stereocenters. The molecule has 3 heteroatoms. The van der Waals surface area contributed by atoms with Crippen molar-refractivity contribution < 1.29 is 4.74 Å². The van der Waals surface area contributed by atoms with Gasteiger partial charge in [-0.2, -0.15) is 0 Å².